The fourth-order valence-electron chi connectivity index (χ4n) is 2.80. The minimum absolute atomic E-state index is 0.00964. The van der Waals surface area contributed by atoms with Crippen LogP contribution in [0.1, 0.15) is 16.1 Å². The molecule has 0 spiro atoms. The second kappa shape index (κ2) is 7.69. The Morgan fingerprint density at radius 3 is 2.21 bits per heavy atom. The van der Waals surface area contributed by atoms with E-state index in [2.05, 4.69) is 4.98 Å². The highest BCUT2D eigenvalue weighted by Crippen LogP contribution is 2.28. The first-order chi connectivity index (χ1) is 13.1. The lowest BCUT2D eigenvalue weighted by atomic mass is 10.2. The largest absolute Gasteiger partial charge is 0.433 e. The molecule has 3 rings (SSSR count). The van der Waals surface area contributed by atoms with Gasteiger partial charge in [0.05, 0.1) is 10.6 Å². The van der Waals surface area contributed by atoms with Crippen LogP contribution in [-0.4, -0.2) is 54.7 Å². The Morgan fingerprint density at radius 1 is 1.04 bits per heavy atom. The smallest absolute Gasteiger partial charge is 0.336 e. The van der Waals surface area contributed by atoms with E-state index in [0.29, 0.717) is 0 Å². The number of carbonyl (C=O) groups is 1. The number of pyridine rings is 1. The van der Waals surface area contributed by atoms with Crippen molar-refractivity contribution in [3.63, 3.8) is 0 Å². The number of rotatable bonds is 3. The van der Waals surface area contributed by atoms with Gasteiger partial charge >= 0.3 is 6.18 Å². The molecular weight excluding hydrogens is 419 g/mol. The quantitative estimate of drug-likeness (QED) is 0.746. The van der Waals surface area contributed by atoms with E-state index in [0.717, 1.165) is 18.3 Å². The molecule has 0 atom stereocenters. The molecule has 1 aliphatic heterocycles. The van der Waals surface area contributed by atoms with Gasteiger partial charge in [-0.15, -0.1) is 0 Å². The maximum atomic E-state index is 12.7. The molecule has 0 radical (unpaired) electrons. The molecule has 6 nitrogen and oxygen atoms in total. The number of alkyl halides is 3. The molecule has 11 heteroatoms. The maximum Gasteiger partial charge on any atom is 0.433 e. The zero-order valence-corrected chi connectivity index (χ0v) is 15.9. The Morgan fingerprint density at radius 2 is 1.68 bits per heavy atom. The van der Waals surface area contributed by atoms with E-state index in [-0.39, 0.29) is 41.7 Å². The van der Waals surface area contributed by atoms with Crippen molar-refractivity contribution >= 4 is 27.5 Å². The average Bonchev–Trinajstić information content (AvgIpc) is 2.67. The molecule has 1 aliphatic rings. The van der Waals surface area contributed by atoms with Crippen molar-refractivity contribution in [2.45, 2.75) is 11.1 Å². The zero-order valence-electron chi connectivity index (χ0n) is 14.4. The molecule has 1 fully saturated rings. The maximum absolute atomic E-state index is 12.7. The SMILES string of the molecule is O=C(c1ccc(C(F)(F)F)nc1)N1CCN(S(=O)(=O)c2ccccc2Cl)CC1. The van der Waals surface area contributed by atoms with Gasteiger partial charge in [-0.2, -0.15) is 17.5 Å². The lowest BCUT2D eigenvalue weighted by Gasteiger charge is -2.34. The van der Waals surface area contributed by atoms with Crippen LogP contribution in [0.2, 0.25) is 5.02 Å². The highest BCUT2D eigenvalue weighted by atomic mass is 35.5. The average molecular weight is 434 g/mol. The van der Waals surface area contributed by atoms with Crippen LogP contribution < -0.4 is 0 Å². The molecule has 2 aromatic rings. The summed E-state index contributed by atoms with van der Waals surface area (Å²) in [5.41, 5.74) is -1.07. The molecule has 1 aromatic carbocycles. The fraction of sp³-hybridized carbons (Fsp3) is 0.294. The third kappa shape index (κ3) is 4.13. The van der Waals surface area contributed by atoms with E-state index < -0.39 is 27.8 Å². The fourth-order valence-corrected chi connectivity index (χ4v) is 4.71. The van der Waals surface area contributed by atoms with Crippen LogP contribution >= 0.6 is 11.6 Å². The number of piperazine rings is 1. The van der Waals surface area contributed by atoms with Crippen molar-refractivity contribution in [2.75, 3.05) is 26.2 Å². The molecule has 2 heterocycles. The Hall–Kier alpha value is -2.17. The number of aromatic nitrogens is 1. The lowest BCUT2D eigenvalue weighted by Crippen LogP contribution is -2.50. The summed E-state index contributed by atoms with van der Waals surface area (Å²) in [6, 6.07) is 7.87. The summed E-state index contributed by atoms with van der Waals surface area (Å²) in [5.74, 6) is -0.504. The highest BCUT2D eigenvalue weighted by Gasteiger charge is 2.34. The van der Waals surface area contributed by atoms with Crippen LogP contribution in [-0.2, 0) is 16.2 Å². The van der Waals surface area contributed by atoms with Gasteiger partial charge in [-0.05, 0) is 24.3 Å². The predicted octanol–water partition coefficient (Wildman–Crippen LogP) is 2.90. The number of amides is 1. The van der Waals surface area contributed by atoms with Gasteiger partial charge in [0.2, 0.25) is 10.0 Å². The molecule has 28 heavy (non-hydrogen) atoms. The van der Waals surface area contributed by atoms with Crippen molar-refractivity contribution in [1.82, 2.24) is 14.2 Å². The van der Waals surface area contributed by atoms with Gasteiger partial charge in [-0.3, -0.25) is 9.78 Å². The number of sulfonamides is 1. The molecule has 150 valence electrons. The summed E-state index contributed by atoms with van der Waals surface area (Å²) in [4.78, 5) is 17.1. The molecule has 1 saturated heterocycles. The number of carbonyl (C=O) groups excluding carboxylic acids is 1. The Kier molecular flexibility index (Phi) is 5.64. The predicted molar refractivity (Wildman–Crippen MR) is 95.4 cm³/mol. The topological polar surface area (TPSA) is 70.6 Å². The number of halogens is 4. The van der Waals surface area contributed by atoms with Crippen LogP contribution in [0.25, 0.3) is 0 Å². The van der Waals surface area contributed by atoms with Gasteiger partial charge in [0, 0.05) is 32.4 Å². The van der Waals surface area contributed by atoms with Crippen LogP contribution in [0.4, 0.5) is 13.2 Å². The van der Waals surface area contributed by atoms with E-state index in [1.807, 2.05) is 0 Å². The Bertz CT molecular complexity index is 973. The molecule has 0 aliphatic carbocycles. The van der Waals surface area contributed by atoms with E-state index >= 15 is 0 Å². The Balaban J connectivity index is 1.68. The molecule has 1 aromatic heterocycles. The highest BCUT2D eigenvalue weighted by molar-refractivity contribution is 7.89. The molecular formula is C17H15ClF3N3O3S. The third-order valence-electron chi connectivity index (χ3n) is 4.28. The standard InChI is InChI=1S/C17H15ClF3N3O3S/c18-13-3-1-2-4-14(13)28(26,27)24-9-7-23(8-10-24)16(25)12-5-6-15(22-11-12)17(19,20)21/h1-6,11H,7-10H2. The monoisotopic (exact) mass is 433 g/mol. The molecule has 0 unspecified atom stereocenters. The van der Waals surface area contributed by atoms with Crippen LogP contribution in [0.3, 0.4) is 0 Å². The second-order valence-electron chi connectivity index (χ2n) is 6.06. The van der Waals surface area contributed by atoms with Crippen molar-refractivity contribution in [1.29, 1.82) is 0 Å². The van der Waals surface area contributed by atoms with E-state index in [1.54, 1.807) is 12.1 Å². The van der Waals surface area contributed by atoms with Gasteiger partial charge in [-0.1, -0.05) is 23.7 Å². The van der Waals surface area contributed by atoms with Gasteiger partial charge in [0.25, 0.3) is 5.91 Å². The van der Waals surface area contributed by atoms with Crippen LogP contribution in [0, 0.1) is 0 Å². The van der Waals surface area contributed by atoms with Gasteiger partial charge in [0.1, 0.15) is 10.6 Å². The van der Waals surface area contributed by atoms with Crippen molar-refractivity contribution < 1.29 is 26.4 Å². The zero-order chi connectivity index (χ0) is 20.5. The first kappa shape index (κ1) is 20.6. The van der Waals surface area contributed by atoms with Crippen molar-refractivity contribution in [3.05, 3.63) is 58.9 Å². The summed E-state index contributed by atoms with van der Waals surface area (Å²) < 4.78 is 64.3. The number of benzene rings is 1. The van der Waals surface area contributed by atoms with Crippen molar-refractivity contribution in [3.8, 4) is 0 Å². The summed E-state index contributed by atoms with van der Waals surface area (Å²) in [6.07, 6.45) is -3.71. The van der Waals surface area contributed by atoms with Crippen molar-refractivity contribution in [2.24, 2.45) is 0 Å². The van der Waals surface area contributed by atoms with Gasteiger partial charge < -0.3 is 4.90 Å². The van der Waals surface area contributed by atoms with Crippen LogP contribution in [0.5, 0.6) is 0 Å². The summed E-state index contributed by atoms with van der Waals surface area (Å²) >= 11 is 5.97. The first-order valence-corrected chi connectivity index (χ1v) is 10.00. The molecule has 1 amide bonds. The minimum atomic E-state index is -4.58. The summed E-state index contributed by atoms with van der Waals surface area (Å²) in [5, 5.41) is 0.108. The Labute approximate surface area is 164 Å². The van der Waals surface area contributed by atoms with Gasteiger partial charge in [0.15, 0.2) is 0 Å². The number of nitrogens with zero attached hydrogens (tertiary/aromatic N) is 3. The first-order valence-electron chi connectivity index (χ1n) is 8.18. The summed E-state index contributed by atoms with van der Waals surface area (Å²) in [7, 11) is -3.80. The lowest BCUT2D eigenvalue weighted by molar-refractivity contribution is -0.141. The summed E-state index contributed by atoms with van der Waals surface area (Å²) in [6.45, 7) is 0.299. The molecule has 0 saturated carbocycles. The number of hydrogen-bond donors (Lipinski definition) is 0. The van der Waals surface area contributed by atoms with Crippen LogP contribution in [0.15, 0.2) is 47.5 Å². The molecule has 0 N–H and O–H groups in total. The molecule has 0 bridgehead atoms. The van der Waals surface area contributed by atoms with E-state index in [1.165, 1.54) is 21.3 Å². The van der Waals surface area contributed by atoms with E-state index in [4.69, 9.17) is 11.6 Å². The van der Waals surface area contributed by atoms with E-state index in [9.17, 15) is 26.4 Å². The third-order valence-corrected chi connectivity index (χ3v) is 6.68. The normalized spacial score (nSPS) is 16.2. The van der Waals surface area contributed by atoms with Gasteiger partial charge in [-0.25, -0.2) is 8.42 Å². The second-order valence-corrected chi connectivity index (χ2v) is 8.37. The number of hydrogen-bond acceptors (Lipinski definition) is 4. The minimum Gasteiger partial charge on any atom is -0.336 e.